The molecule has 0 spiro atoms. The lowest BCUT2D eigenvalue weighted by atomic mass is 9.73. The van der Waals surface area contributed by atoms with E-state index in [-0.39, 0.29) is 17.8 Å². The molecule has 2 saturated carbocycles. The zero-order chi connectivity index (χ0) is 14.0. The van der Waals surface area contributed by atoms with Gasteiger partial charge in [-0.3, -0.25) is 0 Å². The van der Waals surface area contributed by atoms with E-state index in [0.29, 0.717) is 18.4 Å². The normalized spacial score (nSPS) is 53.5. The highest BCUT2D eigenvalue weighted by Gasteiger charge is 2.64. The minimum atomic E-state index is -0.985. The van der Waals surface area contributed by atoms with Crippen LogP contribution in [0.4, 0.5) is 0 Å². The first-order valence-corrected chi connectivity index (χ1v) is 7.12. The number of aliphatic hydroxyl groups is 2. The molecule has 2 N–H and O–H groups in total. The number of carbonyl (C=O) groups is 1. The van der Waals surface area contributed by atoms with Crippen LogP contribution in [0, 0.1) is 17.8 Å². The van der Waals surface area contributed by atoms with Crippen molar-refractivity contribution in [1.82, 2.24) is 0 Å². The number of fused-ring (bicyclic) bond motifs is 3. The molecule has 1 heterocycles. The SMILES string of the molecule is C=C1C(=O)OC2C1CCC(C)C1(O)CCC(C)(O)C21. The molecule has 0 aromatic carbocycles. The molecule has 3 aliphatic rings. The molecule has 3 rings (SSSR count). The van der Waals surface area contributed by atoms with Crippen molar-refractivity contribution in [2.75, 3.05) is 0 Å². The van der Waals surface area contributed by atoms with E-state index in [9.17, 15) is 15.0 Å². The van der Waals surface area contributed by atoms with Crippen molar-refractivity contribution in [3.05, 3.63) is 12.2 Å². The van der Waals surface area contributed by atoms with Crippen molar-refractivity contribution in [3.8, 4) is 0 Å². The minimum Gasteiger partial charge on any atom is -0.458 e. The van der Waals surface area contributed by atoms with Crippen LogP contribution in [-0.4, -0.2) is 33.5 Å². The molecule has 0 radical (unpaired) electrons. The third kappa shape index (κ3) is 1.62. The Hall–Kier alpha value is -0.870. The van der Waals surface area contributed by atoms with Gasteiger partial charge in [-0.25, -0.2) is 4.79 Å². The second-order valence-electron chi connectivity index (χ2n) is 6.81. The average Bonchev–Trinajstić information content (AvgIpc) is 2.69. The van der Waals surface area contributed by atoms with Crippen LogP contribution in [0.5, 0.6) is 0 Å². The van der Waals surface area contributed by atoms with E-state index in [1.165, 1.54) is 0 Å². The van der Waals surface area contributed by atoms with Gasteiger partial charge >= 0.3 is 5.97 Å². The predicted molar refractivity (Wildman–Crippen MR) is 69.2 cm³/mol. The Morgan fingerprint density at radius 2 is 2.00 bits per heavy atom. The second-order valence-corrected chi connectivity index (χ2v) is 6.81. The van der Waals surface area contributed by atoms with E-state index in [1.54, 1.807) is 6.92 Å². The number of esters is 1. The molecular formula is C15H22O4. The predicted octanol–water partition coefficient (Wildman–Crippen LogP) is 1.41. The number of ether oxygens (including phenoxy) is 1. The van der Waals surface area contributed by atoms with Crippen LogP contribution in [0.2, 0.25) is 0 Å². The third-order valence-electron chi connectivity index (χ3n) is 5.68. The zero-order valence-corrected chi connectivity index (χ0v) is 11.6. The molecule has 6 atom stereocenters. The molecule has 4 nitrogen and oxygen atoms in total. The van der Waals surface area contributed by atoms with Crippen LogP contribution in [-0.2, 0) is 9.53 Å². The maximum absolute atomic E-state index is 11.8. The average molecular weight is 266 g/mol. The summed E-state index contributed by atoms with van der Waals surface area (Å²) >= 11 is 0. The Labute approximate surface area is 113 Å². The van der Waals surface area contributed by atoms with Crippen LogP contribution in [0.15, 0.2) is 12.2 Å². The quantitative estimate of drug-likeness (QED) is 0.514. The van der Waals surface area contributed by atoms with Crippen LogP contribution in [0.1, 0.15) is 39.5 Å². The smallest absolute Gasteiger partial charge is 0.334 e. The minimum absolute atomic E-state index is 0.0569. The summed E-state index contributed by atoms with van der Waals surface area (Å²) in [7, 11) is 0. The van der Waals surface area contributed by atoms with Gasteiger partial charge in [0.05, 0.1) is 17.1 Å². The monoisotopic (exact) mass is 266 g/mol. The largest absolute Gasteiger partial charge is 0.458 e. The van der Waals surface area contributed by atoms with E-state index in [0.717, 1.165) is 12.8 Å². The number of hydrogen-bond donors (Lipinski definition) is 2. The summed E-state index contributed by atoms with van der Waals surface area (Å²) in [6.45, 7) is 7.61. The van der Waals surface area contributed by atoms with Crippen molar-refractivity contribution in [2.24, 2.45) is 17.8 Å². The standard InChI is InChI=1S/C15H22O4/c1-8-4-5-10-9(2)13(16)19-11(10)12-14(3,17)6-7-15(8,12)18/h8,10-12,17-18H,2,4-7H2,1,3H3. The Kier molecular flexibility index (Phi) is 2.64. The van der Waals surface area contributed by atoms with Crippen molar-refractivity contribution < 1.29 is 19.7 Å². The molecule has 106 valence electrons. The molecule has 4 heteroatoms. The highest BCUT2D eigenvalue weighted by atomic mass is 16.6. The fraction of sp³-hybridized carbons (Fsp3) is 0.800. The molecule has 0 bridgehead atoms. The molecular weight excluding hydrogens is 244 g/mol. The third-order valence-corrected chi connectivity index (χ3v) is 5.68. The molecule has 2 aliphatic carbocycles. The lowest BCUT2D eigenvalue weighted by Crippen LogP contribution is -2.52. The molecule has 19 heavy (non-hydrogen) atoms. The lowest BCUT2D eigenvalue weighted by Gasteiger charge is -2.40. The first-order chi connectivity index (χ1) is 8.77. The maximum Gasteiger partial charge on any atom is 0.334 e. The van der Waals surface area contributed by atoms with Crippen LogP contribution < -0.4 is 0 Å². The number of hydrogen-bond acceptors (Lipinski definition) is 4. The van der Waals surface area contributed by atoms with Gasteiger partial charge in [0.1, 0.15) is 6.10 Å². The molecule has 0 aromatic rings. The zero-order valence-electron chi connectivity index (χ0n) is 11.6. The maximum atomic E-state index is 11.8. The second kappa shape index (κ2) is 3.83. The first-order valence-electron chi connectivity index (χ1n) is 7.12. The molecule has 0 aromatic heterocycles. The van der Waals surface area contributed by atoms with Crippen molar-refractivity contribution >= 4 is 5.97 Å². The van der Waals surface area contributed by atoms with E-state index in [4.69, 9.17) is 4.74 Å². The summed E-state index contributed by atoms with van der Waals surface area (Å²) in [5, 5.41) is 21.7. The van der Waals surface area contributed by atoms with Gasteiger partial charge < -0.3 is 14.9 Å². The Morgan fingerprint density at radius 1 is 1.32 bits per heavy atom. The van der Waals surface area contributed by atoms with Crippen LogP contribution in [0.25, 0.3) is 0 Å². The van der Waals surface area contributed by atoms with E-state index in [1.807, 2.05) is 6.92 Å². The van der Waals surface area contributed by atoms with Crippen molar-refractivity contribution in [1.29, 1.82) is 0 Å². The highest BCUT2D eigenvalue weighted by Crippen LogP contribution is 2.56. The van der Waals surface area contributed by atoms with E-state index in [2.05, 4.69) is 6.58 Å². The number of rotatable bonds is 0. The Bertz CT molecular complexity index is 441. The van der Waals surface area contributed by atoms with E-state index < -0.39 is 23.2 Å². The van der Waals surface area contributed by atoms with Gasteiger partial charge in [-0.15, -0.1) is 0 Å². The molecule has 1 aliphatic heterocycles. The molecule has 0 amide bonds. The Morgan fingerprint density at radius 3 is 2.68 bits per heavy atom. The van der Waals surface area contributed by atoms with Crippen LogP contribution >= 0.6 is 0 Å². The fourth-order valence-electron chi connectivity index (χ4n) is 4.44. The van der Waals surface area contributed by atoms with Crippen LogP contribution in [0.3, 0.4) is 0 Å². The molecule has 1 saturated heterocycles. The fourth-order valence-corrected chi connectivity index (χ4v) is 4.44. The van der Waals surface area contributed by atoms with Crippen molar-refractivity contribution in [2.45, 2.75) is 56.8 Å². The van der Waals surface area contributed by atoms with Gasteiger partial charge in [-0.1, -0.05) is 13.5 Å². The topological polar surface area (TPSA) is 66.8 Å². The summed E-state index contributed by atoms with van der Waals surface area (Å²) in [4.78, 5) is 11.8. The summed E-state index contributed by atoms with van der Waals surface area (Å²) in [5.41, 5.74) is -1.42. The van der Waals surface area contributed by atoms with Crippen molar-refractivity contribution in [3.63, 3.8) is 0 Å². The van der Waals surface area contributed by atoms with E-state index >= 15 is 0 Å². The van der Waals surface area contributed by atoms with Gasteiger partial charge in [-0.05, 0) is 38.5 Å². The number of carbonyl (C=O) groups excluding carboxylic acids is 1. The molecule has 3 fully saturated rings. The summed E-state index contributed by atoms with van der Waals surface area (Å²) in [6.07, 6.45) is 2.32. The highest BCUT2D eigenvalue weighted by molar-refractivity contribution is 5.90. The summed E-state index contributed by atoms with van der Waals surface area (Å²) < 4.78 is 5.46. The summed E-state index contributed by atoms with van der Waals surface area (Å²) in [6, 6.07) is 0. The van der Waals surface area contributed by atoms with Gasteiger partial charge in [-0.2, -0.15) is 0 Å². The molecule has 6 unspecified atom stereocenters. The first kappa shape index (κ1) is 13.1. The summed E-state index contributed by atoms with van der Waals surface area (Å²) in [5.74, 6) is -0.734. The van der Waals surface area contributed by atoms with Gasteiger partial charge in [0.15, 0.2) is 0 Å². The van der Waals surface area contributed by atoms with Gasteiger partial charge in [0.25, 0.3) is 0 Å². The van der Waals surface area contributed by atoms with Gasteiger partial charge in [0, 0.05) is 11.5 Å². The van der Waals surface area contributed by atoms with Gasteiger partial charge in [0.2, 0.25) is 0 Å². The Balaban J connectivity index is 2.07. The lowest BCUT2D eigenvalue weighted by molar-refractivity contribution is -0.161.